The number of nitrogens with one attached hydrogen (secondary N) is 2. The fourth-order valence-electron chi connectivity index (χ4n) is 4.09. The Morgan fingerprint density at radius 3 is 2.79 bits per heavy atom. The van der Waals surface area contributed by atoms with E-state index in [1.54, 1.807) is 18.2 Å². The molecule has 2 aromatic heterocycles. The molecule has 11 heteroatoms. The summed E-state index contributed by atoms with van der Waals surface area (Å²) in [6, 6.07) is 9.86. The number of nitrogens with two attached hydrogens (primary N) is 1. The molecule has 4 N–H and O–H groups in total. The van der Waals surface area contributed by atoms with Gasteiger partial charge in [0, 0.05) is 23.7 Å². The van der Waals surface area contributed by atoms with E-state index >= 15 is 0 Å². The molecule has 0 saturated carbocycles. The lowest BCUT2D eigenvalue weighted by atomic mass is 10.1. The maximum absolute atomic E-state index is 14.0. The molecule has 0 bridgehead atoms. The van der Waals surface area contributed by atoms with Gasteiger partial charge in [-0.2, -0.15) is 5.10 Å². The summed E-state index contributed by atoms with van der Waals surface area (Å²) in [6.07, 6.45) is 3.40. The summed E-state index contributed by atoms with van der Waals surface area (Å²) in [5, 5.41) is 11.3. The van der Waals surface area contributed by atoms with Crippen molar-refractivity contribution < 1.29 is 13.6 Å². The van der Waals surface area contributed by atoms with Gasteiger partial charge in [-0.15, -0.1) is 12.4 Å². The maximum atomic E-state index is 14.0. The lowest BCUT2D eigenvalue weighted by Crippen LogP contribution is -2.32. The second-order valence-corrected chi connectivity index (χ2v) is 7.91. The van der Waals surface area contributed by atoms with Crippen LogP contribution >= 0.6 is 12.4 Å². The highest BCUT2D eigenvalue weighted by atomic mass is 35.5. The van der Waals surface area contributed by atoms with Gasteiger partial charge < -0.3 is 16.4 Å². The lowest BCUT2D eigenvalue weighted by Gasteiger charge is -2.23. The number of nitrogen functional groups attached to an aromatic ring is 1. The molecule has 1 atom stereocenters. The molecule has 0 radical (unpaired) electrons. The van der Waals surface area contributed by atoms with Gasteiger partial charge in [0.05, 0.1) is 17.1 Å². The third-order valence-electron chi connectivity index (χ3n) is 5.71. The van der Waals surface area contributed by atoms with Gasteiger partial charge in [-0.1, -0.05) is 12.1 Å². The Balaban J connectivity index is 0.00000274. The largest absolute Gasteiger partial charge is 0.383 e. The summed E-state index contributed by atoms with van der Waals surface area (Å²) in [5.41, 5.74) is 8.22. The third kappa shape index (κ3) is 4.42. The highest BCUT2D eigenvalue weighted by Crippen LogP contribution is 2.33. The standard InChI is InChI=1S/C23H21F2N7O.ClH/c24-15-6-7-18(17(25)10-15)30-23(33)14-4-1-3-13(9-14)20-19-21(26)28-12-29-22(19)32(31-20)16-5-2-8-27-11-16;/h1,3-4,6-7,9-10,12,16,27H,2,5,8,11H2,(H,30,33)(H2,26,28,29);1H/t16-;/m1./s1. The molecule has 34 heavy (non-hydrogen) atoms. The Morgan fingerprint density at radius 1 is 1.18 bits per heavy atom. The number of halogens is 3. The number of carbonyl (C=O) groups is 1. The average molecular weight is 486 g/mol. The van der Waals surface area contributed by atoms with Gasteiger partial charge in [0.15, 0.2) is 5.65 Å². The van der Waals surface area contributed by atoms with Gasteiger partial charge >= 0.3 is 0 Å². The quantitative estimate of drug-likeness (QED) is 0.403. The fourth-order valence-corrected chi connectivity index (χ4v) is 4.09. The van der Waals surface area contributed by atoms with Crippen LogP contribution in [0.2, 0.25) is 0 Å². The van der Waals surface area contributed by atoms with Crippen molar-refractivity contribution in [3.63, 3.8) is 0 Å². The van der Waals surface area contributed by atoms with Crippen molar-refractivity contribution in [2.24, 2.45) is 0 Å². The van der Waals surface area contributed by atoms with E-state index in [1.165, 1.54) is 12.4 Å². The number of piperidine rings is 1. The molecule has 2 aromatic carbocycles. The van der Waals surface area contributed by atoms with E-state index in [0.29, 0.717) is 34.2 Å². The lowest BCUT2D eigenvalue weighted by molar-refractivity contribution is 0.102. The highest BCUT2D eigenvalue weighted by Gasteiger charge is 2.24. The van der Waals surface area contributed by atoms with E-state index in [0.717, 1.165) is 32.0 Å². The third-order valence-corrected chi connectivity index (χ3v) is 5.71. The average Bonchev–Trinajstić information content (AvgIpc) is 3.23. The molecular formula is C23H22ClF2N7O. The Labute approximate surface area is 200 Å². The van der Waals surface area contributed by atoms with E-state index < -0.39 is 17.5 Å². The summed E-state index contributed by atoms with van der Waals surface area (Å²) in [5.74, 6) is -1.81. The molecule has 0 unspecified atom stereocenters. The number of hydrogen-bond donors (Lipinski definition) is 3. The van der Waals surface area contributed by atoms with Gasteiger partial charge in [-0.25, -0.2) is 23.4 Å². The SMILES string of the molecule is Cl.Nc1ncnc2c1c(-c1cccc(C(=O)Nc3ccc(F)cc3F)c1)nn2[C@@H]1CCCNC1. The predicted molar refractivity (Wildman–Crippen MR) is 128 cm³/mol. The van der Waals surface area contributed by atoms with E-state index in [-0.39, 0.29) is 29.7 Å². The maximum Gasteiger partial charge on any atom is 0.255 e. The van der Waals surface area contributed by atoms with E-state index in [2.05, 4.69) is 20.6 Å². The number of rotatable bonds is 4. The molecule has 176 valence electrons. The van der Waals surface area contributed by atoms with Crippen molar-refractivity contribution in [1.29, 1.82) is 0 Å². The van der Waals surface area contributed by atoms with E-state index in [1.807, 2.05) is 10.7 Å². The summed E-state index contributed by atoms with van der Waals surface area (Å²) in [4.78, 5) is 21.3. The summed E-state index contributed by atoms with van der Waals surface area (Å²) >= 11 is 0. The van der Waals surface area contributed by atoms with E-state index in [9.17, 15) is 13.6 Å². The molecule has 0 spiro atoms. The van der Waals surface area contributed by atoms with Crippen LogP contribution < -0.4 is 16.4 Å². The molecule has 4 aromatic rings. The van der Waals surface area contributed by atoms with Crippen LogP contribution in [-0.2, 0) is 0 Å². The van der Waals surface area contributed by atoms with E-state index in [4.69, 9.17) is 10.8 Å². The number of nitrogens with zero attached hydrogens (tertiary/aromatic N) is 4. The summed E-state index contributed by atoms with van der Waals surface area (Å²) in [6.45, 7) is 1.73. The van der Waals surface area contributed by atoms with Gasteiger partial charge in [0.2, 0.25) is 0 Å². The second kappa shape index (κ2) is 9.70. The predicted octanol–water partition coefficient (Wildman–Crippen LogP) is 3.95. The molecule has 0 aliphatic carbocycles. The van der Waals surface area contributed by atoms with Crippen molar-refractivity contribution >= 4 is 40.9 Å². The fraction of sp³-hybridized carbons (Fsp3) is 0.217. The summed E-state index contributed by atoms with van der Waals surface area (Å²) < 4.78 is 29.0. The van der Waals surface area contributed by atoms with Crippen LogP contribution in [0.1, 0.15) is 29.2 Å². The van der Waals surface area contributed by atoms with Crippen LogP contribution in [0.3, 0.4) is 0 Å². The molecule has 5 rings (SSSR count). The molecular weight excluding hydrogens is 464 g/mol. The number of anilines is 2. The minimum atomic E-state index is -0.852. The Morgan fingerprint density at radius 2 is 2.03 bits per heavy atom. The monoisotopic (exact) mass is 485 g/mol. The van der Waals surface area contributed by atoms with Crippen LogP contribution in [0.5, 0.6) is 0 Å². The van der Waals surface area contributed by atoms with Gasteiger partial charge in [-0.05, 0) is 43.7 Å². The van der Waals surface area contributed by atoms with Gasteiger partial charge in [0.25, 0.3) is 5.91 Å². The van der Waals surface area contributed by atoms with Crippen LogP contribution in [-0.4, -0.2) is 38.7 Å². The highest BCUT2D eigenvalue weighted by molar-refractivity contribution is 6.06. The van der Waals surface area contributed by atoms with Gasteiger partial charge in [-0.3, -0.25) is 4.79 Å². The first-order chi connectivity index (χ1) is 16.0. The normalized spacial score (nSPS) is 15.6. The Bertz CT molecular complexity index is 1350. The van der Waals surface area contributed by atoms with Crippen molar-refractivity contribution in [1.82, 2.24) is 25.1 Å². The second-order valence-electron chi connectivity index (χ2n) is 7.91. The first-order valence-corrected chi connectivity index (χ1v) is 10.6. The number of fused-ring (bicyclic) bond motifs is 1. The smallest absolute Gasteiger partial charge is 0.255 e. The van der Waals surface area contributed by atoms with Crippen molar-refractivity contribution in [3.8, 4) is 11.3 Å². The number of hydrogen-bond acceptors (Lipinski definition) is 6. The zero-order valence-corrected chi connectivity index (χ0v) is 18.8. The Hall–Kier alpha value is -3.63. The molecule has 1 saturated heterocycles. The molecule has 1 aliphatic rings. The van der Waals surface area contributed by atoms with Gasteiger partial charge in [0.1, 0.15) is 29.5 Å². The number of carbonyl (C=O) groups excluding carboxylic acids is 1. The Kier molecular flexibility index (Phi) is 6.71. The zero-order valence-electron chi connectivity index (χ0n) is 18.0. The molecule has 1 aliphatic heterocycles. The van der Waals surface area contributed by atoms with Crippen molar-refractivity contribution in [3.05, 3.63) is 66.0 Å². The van der Waals surface area contributed by atoms with Crippen molar-refractivity contribution in [2.75, 3.05) is 24.1 Å². The number of aromatic nitrogens is 4. The van der Waals surface area contributed by atoms with Crippen LogP contribution in [0, 0.1) is 11.6 Å². The topological polar surface area (TPSA) is 111 Å². The number of amides is 1. The molecule has 3 heterocycles. The van der Waals surface area contributed by atoms with Crippen LogP contribution in [0.15, 0.2) is 48.8 Å². The van der Waals surface area contributed by atoms with Crippen molar-refractivity contribution in [2.45, 2.75) is 18.9 Å². The minimum Gasteiger partial charge on any atom is -0.383 e. The number of benzene rings is 2. The molecule has 1 amide bonds. The summed E-state index contributed by atoms with van der Waals surface area (Å²) in [7, 11) is 0. The first kappa shape index (κ1) is 23.5. The zero-order chi connectivity index (χ0) is 22.9. The molecule has 8 nitrogen and oxygen atoms in total. The first-order valence-electron chi connectivity index (χ1n) is 10.6. The minimum absolute atomic E-state index is 0. The van der Waals surface area contributed by atoms with Crippen LogP contribution in [0.25, 0.3) is 22.3 Å². The van der Waals surface area contributed by atoms with Crippen LogP contribution in [0.4, 0.5) is 20.3 Å². The molecule has 1 fully saturated rings.